The van der Waals surface area contributed by atoms with Crippen LogP contribution in [0.4, 0.5) is 5.95 Å². The fourth-order valence-corrected chi connectivity index (χ4v) is 5.40. The van der Waals surface area contributed by atoms with Gasteiger partial charge in [-0.05, 0) is 56.5 Å². The van der Waals surface area contributed by atoms with Gasteiger partial charge in [0.1, 0.15) is 4.90 Å². The van der Waals surface area contributed by atoms with Crippen molar-refractivity contribution < 1.29 is 13.2 Å². The highest BCUT2D eigenvalue weighted by Gasteiger charge is 2.27. The second-order valence-corrected chi connectivity index (χ2v) is 10.8. The van der Waals surface area contributed by atoms with E-state index in [0.29, 0.717) is 18.1 Å². The Morgan fingerprint density at radius 2 is 1.79 bits per heavy atom. The molecule has 0 aliphatic heterocycles. The molecule has 2 aromatic carbocycles. The van der Waals surface area contributed by atoms with Gasteiger partial charge in [-0.25, -0.2) is 23.1 Å². The molecule has 0 atom stereocenters. The van der Waals surface area contributed by atoms with Crippen LogP contribution in [0.25, 0.3) is 22.2 Å². The van der Waals surface area contributed by atoms with E-state index in [9.17, 15) is 8.42 Å². The van der Waals surface area contributed by atoms with Gasteiger partial charge in [0.2, 0.25) is 21.9 Å². The van der Waals surface area contributed by atoms with E-state index >= 15 is 0 Å². The average Bonchev–Trinajstić information content (AvgIpc) is 3.10. The quantitative estimate of drug-likeness (QED) is 0.414. The molecule has 34 heavy (non-hydrogen) atoms. The van der Waals surface area contributed by atoms with Gasteiger partial charge >= 0.3 is 0 Å². The lowest BCUT2D eigenvalue weighted by molar-refractivity contribution is 0.384. The highest BCUT2D eigenvalue weighted by molar-refractivity contribution is 7.89. The summed E-state index contributed by atoms with van der Waals surface area (Å²) in [6.45, 7) is 6.02. The summed E-state index contributed by atoms with van der Waals surface area (Å²) in [6, 6.07) is 17.5. The molecule has 0 amide bonds. The molecule has 0 bridgehead atoms. The number of hydrogen-bond donors (Lipinski definition) is 2. The van der Waals surface area contributed by atoms with E-state index in [1.54, 1.807) is 33.0 Å². The summed E-state index contributed by atoms with van der Waals surface area (Å²) in [5, 5.41) is 0. The SMILES string of the molecule is COc1ncc(-c2ccc3nc(N)n(CCc4ccccc4)c3c2)cc1S(=O)(=O)NC(C)(C)C. The molecule has 0 aliphatic carbocycles. The maximum absolute atomic E-state index is 13.0. The standard InChI is InChI=1S/C25H29N5O3S/c1-25(2,3)29-34(31,32)22-15-19(16-27-23(22)33-4)18-10-11-20-21(14-18)30(24(26)28-20)13-12-17-8-6-5-7-9-17/h5-11,14-16,29H,12-13H2,1-4H3,(H2,26,28). The Morgan fingerprint density at radius 3 is 2.47 bits per heavy atom. The third-order valence-corrected chi connectivity index (χ3v) is 7.07. The molecule has 9 heteroatoms. The van der Waals surface area contributed by atoms with Crippen LogP contribution in [-0.2, 0) is 23.0 Å². The normalized spacial score (nSPS) is 12.2. The molecule has 3 N–H and O–H groups in total. The van der Waals surface area contributed by atoms with E-state index in [0.717, 1.165) is 23.0 Å². The van der Waals surface area contributed by atoms with Crippen LogP contribution in [0.5, 0.6) is 5.88 Å². The van der Waals surface area contributed by atoms with Crippen LogP contribution < -0.4 is 15.2 Å². The molecule has 0 radical (unpaired) electrons. The van der Waals surface area contributed by atoms with Crippen molar-refractivity contribution in [2.75, 3.05) is 12.8 Å². The first kappa shape index (κ1) is 23.7. The number of methoxy groups -OCH3 is 1. The number of pyridine rings is 1. The molecule has 178 valence electrons. The van der Waals surface area contributed by atoms with Crippen LogP contribution in [0.2, 0.25) is 0 Å². The number of anilines is 1. The largest absolute Gasteiger partial charge is 0.480 e. The smallest absolute Gasteiger partial charge is 0.246 e. The summed E-state index contributed by atoms with van der Waals surface area (Å²) in [5.41, 5.74) is 9.87. The molecule has 4 rings (SSSR count). The van der Waals surface area contributed by atoms with Gasteiger partial charge in [-0.2, -0.15) is 0 Å². The highest BCUT2D eigenvalue weighted by atomic mass is 32.2. The number of aryl methyl sites for hydroxylation is 2. The van der Waals surface area contributed by atoms with Gasteiger partial charge in [0.05, 0.1) is 18.1 Å². The van der Waals surface area contributed by atoms with E-state index < -0.39 is 15.6 Å². The zero-order valence-corrected chi connectivity index (χ0v) is 20.6. The lowest BCUT2D eigenvalue weighted by Crippen LogP contribution is -2.40. The topological polar surface area (TPSA) is 112 Å². The van der Waals surface area contributed by atoms with Crippen molar-refractivity contribution in [2.24, 2.45) is 0 Å². The van der Waals surface area contributed by atoms with Gasteiger partial charge in [-0.15, -0.1) is 0 Å². The monoisotopic (exact) mass is 479 g/mol. The number of nitrogen functional groups attached to an aromatic ring is 1. The summed E-state index contributed by atoms with van der Waals surface area (Å²) in [4.78, 5) is 8.73. The second-order valence-electron chi connectivity index (χ2n) is 9.15. The number of nitrogens with two attached hydrogens (primary N) is 1. The number of rotatable bonds is 7. The predicted octanol–water partition coefficient (Wildman–Crippen LogP) is 4.01. The van der Waals surface area contributed by atoms with E-state index in [1.165, 1.54) is 12.7 Å². The average molecular weight is 480 g/mol. The number of benzene rings is 2. The van der Waals surface area contributed by atoms with E-state index in [1.807, 2.05) is 41.0 Å². The van der Waals surface area contributed by atoms with Crippen molar-refractivity contribution in [1.29, 1.82) is 0 Å². The number of fused-ring (bicyclic) bond motifs is 1. The lowest BCUT2D eigenvalue weighted by atomic mass is 10.1. The van der Waals surface area contributed by atoms with Crippen LogP contribution in [0, 0.1) is 0 Å². The van der Waals surface area contributed by atoms with Crippen molar-refractivity contribution in [3.05, 3.63) is 66.4 Å². The maximum Gasteiger partial charge on any atom is 0.246 e. The molecular formula is C25H29N5O3S. The van der Waals surface area contributed by atoms with Gasteiger partial charge in [0.15, 0.2) is 0 Å². The number of ether oxygens (including phenoxy) is 1. The third kappa shape index (κ3) is 5.05. The molecule has 0 saturated carbocycles. The molecule has 0 spiro atoms. The third-order valence-electron chi connectivity index (χ3n) is 5.32. The van der Waals surface area contributed by atoms with Crippen molar-refractivity contribution in [2.45, 2.75) is 44.2 Å². The molecule has 0 saturated heterocycles. The lowest BCUT2D eigenvalue weighted by Gasteiger charge is -2.21. The van der Waals surface area contributed by atoms with Crippen molar-refractivity contribution in [1.82, 2.24) is 19.3 Å². The molecule has 0 fully saturated rings. The Balaban J connectivity index is 1.74. The molecule has 0 aliphatic rings. The Hall–Kier alpha value is -3.43. The predicted molar refractivity (Wildman–Crippen MR) is 134 cm³/mol. The molecular weight excluding hydrogens is 450 g/mol. The molecule has 0 unspecified atom stereocenters. The fraction of sp³-hybridized carbons (Fsp3) is 0.280. The van der Waals surface area contributed by atoms with E-state index in [-0.39, 0.29) is 10.8 Å². The summed E-state index contributed by atoms with van der Waals surface area (Å²) in [6.07, 6.45) is 2.41. The fourth-order valence-electron chi connectivity index (χ4n) is 3.84. The zero-order chi connectivity index (χ0) is 24.5. The summed E-state index contributed by atoms with van der Waals surface area (Å²) in [7, 11) is -2.45. The Labute approximate surface area is 199 Å². The Bertz CT molecular complexity index is 1420. The van der Waals surface area contributed by atoms with Gasteiger partial charge in [-0.3, -0.25) is 0 Å². The Kier molecular flexibility index (Phi) is 6.33. The molecule has 8 nitrogen and oxygen atoms in total. The Morgan fingerprint density at radius 1 is 1.06 bits per heavy atom. The number of imidazole rings is 1. The maximum atomic E-state index is 13.0. The zero-order valence-electron chi connectivity index (χ0n) is 19.7. The number of hydrogen-bond acceptors (Lipinski definition) is 6. The van der Waals surface area contributed by atoms with Gasteiger partial charge < -0.3 is 15.0 Å². The van der Waals surface area contributed by atoms with Gasteiger partial charge in [0.25, 0.3) is 0 Å². The first-order valence-electron chi connectivity index (χ1n) is 11.0. The van der Waals surface area contributed by atoms with E-state index in [2.05, 4.69) is 26.8 Å². The van der Waals surface area contributed by atoms with Crippen LogP contribution in [0.15, 0.2) is 65.7 Å². The highest BCUT2D eigenvalue weighted by Crippen LogP contribution is 2.31. The van der Waals surface area contributed by atoms with Crippen LogP contribution in [-0.4, -0.2) is 35.6 Å². The van der Waals surface area contributed by atoms with Crippen molar-refractivity contribution in [3.8, 4) is 17.0 Å². The summed E-state index contributed by atoms with van der Waals surface area (Å²) in [5.74, 6) is 0.479. The first-order chi connectivity index (χ1) is 16.1. The minimum Gasteiger partial charge on any atom is -0.480 e. The molecule has 2 aromatic heterocycles. The van der Waals surface area contributed by atoms with Crippen LogP contribution in [0.1, 0.15) is 26.3 Å². The van der Waals surface area contributed by atoms with Crippen molar-refractivity contribution >= 4 is 27.0 Å². The minimum absolute atomic E-state index is 0.0142. The number of sulfonamides is 1. The minimum atomic E-state index is -3.85. The van der Waals surface area contributed by atoms with Crippen LogP contribution in [0.3, 0.4) is 0 Å². The number of nitrogens with zero attached hydrogens (tertiary/aromatic N) is 3. The van der Waals surface area contributed by atoms with Crippen molar-refractivity contribution in [3.63, 3.8) is 0 Å². The molecule has 4 aromatic rings. The van der Waals surface area contributed by atoms with E-state index in [4.69, 9.17) is 10.5 Å². The summed E-state index contributed by atoms with van der Waals surface area (Å²) >= 11 is 0. The number of aromatic nitrogens is 3. The van der Waals surface area contributed by atoms with Gasteiger partial charge in [-0.1, -0.05) is 36.4 Å². The summed E-state index contributed by atoms with van der Waals surface area (Å²) < 4.78 is 36.0. The van der Waals surface area contributed by atoms with Crippen LogP contribution >= 0.6 is 0 Å². The second kappa shape index (κ2) is 9.08. The number of nitrogens with one attached hydrogen (secondary N) is 1. The van der Waals surface area contributed by atoms with Gasteiger partial charge in [0, 0.05) is 23.8 Å². The first-order valence-corrected chi connectivity index (χ1v) is 12.4. The molecule has 2 heterocycles.